The van der Waals surface area contributed by atoms with Gasteiger partial charge in [0.05, 0.1) is 0 Å². The highest BCUT2D eigenvalue weighted by atomic mass is 16.1. The van der Waals surface area contributed by atoms with E-state index in [2.05, 4.69) is 29.0 Å². The minimum absolute atomic E-state index is 0.121. The van der Waals surface area contributed by atoms with Crippen molar-refractivity contribution >= 4 is 5.91 Å². The van der Waals surface area contributed by atoms with Crippen LogP contribution in [0.3, 0.4) is 0 Å². The Bertz CT molecular complexity index is 380. The van der Waals surface area contributed by atoms with Crippen LogP contribution in [0.1, 0.15) is 20.8 Å². The molecule has 0 bridgehead atoms. The maximum atomic E-state index is 11.2. The lowest BCUT2D eigenvalue weighted by atomic mass is 10.2. The Morgan fingerprint density at radius 3 is 2.44 bits per heavy atom. The van der Waals surface area contributed by atoms with Gasteiger partial charge in [0.1, 0.15) is 0 Å². The van der Waals surface area contributed by atoms with Gasteiger partial charge in [-0.15, -0.1) is 0 Å². The molecule has 0 saturated heterocycles. The van der Waals surface area contributed by atoms with E-state index in [-0.39, 0.29) is 5.91 Å². The van der Waals surface area contributed by atoms with Gasteiger partial charge in [-0.25, -0.2) is 0 Å². The van der Waals surface area contributed by atoms with Crippen LogP contribution < -0.4 is 5.32 Å². The topological polar surface area (TPSA) is 29.1 Å². The Morgan fingerprint density at radius 1 is 1.25 bits per heavy atom. The van der Waals surface area contributed by atoms with Crippen molar-refractivity contribution in [2.45, 2.75) is 20.8 Å². The molecule has 0 aromatic heterocycles. The third-order valence-corrected chi connectivity index (χ3v) is 1.46. The van der Waals surface area contributed by atoms with Crippen LogP contribution in [0.5, 0.6) is 0 Å². The molecule has 0 aromatic carbocycles. The highest BCUT2D eigenvalue weighted by Crippen LogP contribution is 1.86. The zero-order chi connectivity index (χ0) is 12.2. The predicted molar refractivity (Wildman–Crippen MR) is 67.4 cm³/mol. The van der Waals surface area contributed by atoms with Crippen molar-refractivity contribution in [3.05, 3.63) is 24.3 Å². The van der Waals surface area contributed by atoms with Crippen LogP contribution >= 0.6 is 0 Å². The molecule has 0 unspecified atom stereocenters. The van der Waals surface area contributed by atoms with Crippen molar-refractivity contribution in [3.8, 4) is 23.7 Å². The lowest BCUT2D eigenvalue weighted by Gasteiger charge is -2.03. The van der Waals surface area contributed by atoms with Crippen molar-refractivity contribution in [2.75, 3.05) is 6.54 Å². The van der Waals surface area contributed by atoms with E-state index in [9.17, 15) is 4.79 Å². The van der Waals surface area contributed by atoms with Gasteiger partial charge in [0.25, 0.3) is 0 Å². The van der Waals surface area contributed by atoms with Gasteiger partial charge in [-0.1, -0.05) is 31.8 Å². The molecule has 2 heteroatoms. The number of nitrogens with one attached hydrogen (secondary N) is 1. The second-order valence-electron chi connectivity index (χ2n) is 3.51. The number of carbonyl (C=O) groups excluding carboxylic acids is 1. The molecule has 0 saturated carbocycles. The SMILES string of the molecule is CC=CC#CC#CC=CC(=O)NCC(C)C. The van der Waals surface area contributed by atoms with Crippen molar-refractivity contribution in [3.63, 3.8) is 0 Å². The smallest absolute Gasteiger partial charge is 0.244 e. The lowest BCUT2D eigenvalue weighted by molar-refractivity contribution is -0.116. The maximum Gasteiger partial charge on any atom is 0.244 e. The monoisotopic (exact) mass is 215 g/mol. The van der Waals surface area contributed by atoms with E-state index >= 15 is 0 Å². The Hall–Kier alpha value is -1.93. The largest absolute Gasteiger partial charge is 0.352 e. The van der Waals surface area contributed by atoms with E-state index in [1.807, 2.05) is 26.8 Å². The van der Waals surface area contributed by atoms with Crippen LogP contribution in [0.4, 0.5) is 0 Å². The minimum atomic E-state index is -0.121. The Kier molecular flexibility index (Phi) is 8.46. The van der Waals surface area contributed by atoms with Crippen LogP contribution in [0, 0.1) is 29.6 Å². The van der Waals surface area contributed by atoms with Gasteiger partial charge in [-0.2, -0.15) is 0 Å². The normalized spacial score (nSPS) is 9.75. The molecule has 1 N–H and O–H groups in total. The number of amides is 1. The van der Waals surface area contributed by atoms with Crippen molar-refractivity contribution in [1.29, 1.82) is 0 Å². The molecule has 84 valence electrons. The standard InChI is InChI=1S/C14H17NO/c1-4-5-6-7-8-9-10-11-14(16)15-12-13(2)3/h4-5,10-11,13H,12H2,1-3H3,(H,15,16). The summed E-state index contributed by atoms with van der Waals surface area (Å²) in [7, 11) is 0. The highest BCUT2D eigenvalue weighted by molar-refractivity contribution is 5.87. The second kappa shape index (κ2) is 9.62. The van der Waals surface area contributed by atoms with Gasteiger partial charge >= 0.3 is 0 Å². The fourth-order valence-corrected chi connectivity index (χ4v) is 0.720. The lowest BCUT2D eigenvalue weighted by Crippen LogP contribution is -2.25. The van der Waals surface area contributed by atoms with Crippen LogP contribution in [0.15, 0.2) is 24.3 Å². The van der Waals surface area contributed by atoms with Crippen molar-refractivity contribution in [2.24, 2.45) is 5.92 Å². The molecule has 0 aromatic rings. The van der Waals surface area contributed by atoms with Crippen LogP contribution in [-0.2, 0) is 4.79 Å². The average molecular weight is 215 g/mol. The Balaban J connectivity index is 3.92. The van der Waals surface area contributed by atoms with Crippen molar-refractivity contribution < 1.29 is 4.79 Å². The summed E-state index contributed by atoms with van der Waals surface area (Å²) < 4.78 is 0. The summed E-state index contributed by atoms with van der Waals surface area (Å²) in [5.41, 5.74) is 0. The summed E-state index contributed by atoms with van der Waals surface area (Å²) in [6.45, 7) is 6.65. The molecular formula is C14H17NO. The first kappa shape index (κ1) is 14.1. The summed E-state index contributed by atoms with van der Waals surface area (Å²) >= 11 is 0. The summed E-state index contributed by atoms with van der Waals surface area (Å²) in [6.07, 6.45) is 6.46. The van der Waals surface area contributed by atoms with Gasteiger partial charge in [-0.3, -0.25) is 4.79 Å². The van der Waals surface area contributed by atoms with Gasteiger partial charge in [-0.05, 0) is 36.8 Å². The van der Waals surface area contributed by atoms with Crippen LogP contribution in [0.2, 0.25) is 0 Å². The number of rotatable bonds is 3. The first-order valence-electron chi connectivity index (χ1n) is 5.23. The molecule has 1 amide bonds. The van der Waals surface area contributed by atoms with E-state index in [0.717, 1.165) is 0 Å². The Morgan fingerprint density at radius 2 is 1.88 bits per heavy atom. The van der Waals surface area contributed by atoms with E-state index < -0.39 is 0 Å². The molecule has 0 spiro atoms. The summed E-state index contributed by atoms with van der Waals surface area (Å²) in [6, 6.07) is 0. The molecule has 2 nitrogen and oxygen atoms in total. The molecule has 0 aliphatic heterocycles. The molecule has 0 atom stereocenters. The highest BCUT2D eigenvalue weighted by Gasteiger charge is 1.95. The zero-order valence-electron chi connectivity index (χ0n) is 10.0. The average Bonchev–Trinajstić information content (AvgIpc) is 2.25. The van der Waals surface area contributed by atoms with Gasteiger partial charge in [0, 0.05) is 12.6 Å². The van der Waals surface area contributed by atoms with Crippen molar-refractivity contribution in [1.82, 2.24) is 5.32 Å². The van der Waals surface area contributed by atoms with Gasteiger partial charge in [0.2, 0.25) is 5.91 Å². The minimum Gasteiger partial charge on any atom is -0.352 e. The summed E-state index contributed by atoms with van der Waals surface area (Å²) in [4.78, 5) is 11.2. The quantitative estimate of drug-likeness (QED) is 0.565. The number of hydrogen-bond donors (Lipinski definition) is 1. The number of allylic oxidation sites excluding steroid dienone is 3. The maximum absolute atomic E-state index is 11.2. The molecule has 0 aliphatic rings. The fraction of sp³-hybridized carbons (Fsp3) is 0.357. The van der Waals surface area contributed by atoms with E-state index in [1.54, 1.807) is 6.08 Å². The third-order valence-electron chi connectivity index (χ3n) is 1.46. The molecule has 0 rings (SSSR count). The Labute approximate surface area is 97.8 Å². The van der Waals surface area contributed by atoms with Crippen LogP contribution in [-0.4, -0.2) is 12.5 Å². The summed E-state index contributed by atoms with van der Waals surface area (Å²) in [5.74, 6) is 11.0. The number of carbonyl (C=O) groups is 1. The van der Waals surface area contributed by atoms with Crippen LogP contribution in [0.25, 0.3) is 0 Å². The van der Waals surface area contributed by atoms with Gasteiger partial charge in [0.15, 0.2) is 0 Å². The molecule has 0 aliphatic carbocycles. The predicted octanol–water partition coefficient (Wildman–Crippen LogP) is 1.90. The first-order chi connectivity index (χ1) is 7.66. The molecule has 16 heavy (non-hydrogen) atoms. The molecule has 0 radical (unpaired) electrons. The molecule has 0 heterocycles. The van der Waals surface area contributed by atoms with Gasteiger partial charge < -0.3 is 5.32 Å². The zero-order valence-corrected chi connectivity index (χ0v) is 10.0. The third kappa shape index (κ3) is 10.2. The fourth-order valence-electron chi connectivity index (χ4n) is 0.720. The molecule has 0 fully saturated rings. The first-order valence-corrected chi connectivity index (χ1v) is 5.23. The van der Waals surface area contributed by atoms with E-state index in [4.69, 9.17) is 0 Å². The molecular weight excluding hydrogens is 198 g/mol. The second-order valence-corrected chi connectivity index (χ2v) is 3.51. The summed E-state index contributed by atoms with van der Waals surface area (Å²) in [5, 5.41) is 2.75. The van der Waals surface area contributed by atoms with E-state index in [1.165, 1.54) is 12.2 Å². The van der Waals surface area contributed by atoms with E-state index in [0.29, 0.717) is 12.5 Å². The number of hydrogen-bond acceptors (Lipinski definition) is 1.